The number of rotatable bonds is 5. The number of carbonyl (C=O) groups excluding carboxylic acids is 1. The summed E-state index contributed by atoms with van der Waals surface area (Å²) in [5.41, 5.74) is 0. The van der Waals surface area contributed by atoms with Crippen molar-refractivity contribution in [3.8, 4) is 0 Å². The third-order valence-corrected chi connectivity index (χ3v) is 6.35. The number of amides is 1. The van der Waals surface area contributed by atoms with Crippen LogP contribution in [0.5, 0.6) is 0 Å². The molecule has 2 rings (SSSR count). The first kappa shape index (κ1) is 16.5. The lowest BCUT2D eigenvalue weighted by Gasteiger charge is -2.13. The van der Waals surface area contributed by atoms with Crippen molar-refractivity contribution in [3.05, 3.63) is 17.0 Å². The summed E-state index contributed by atoms with van der Waals surface area (Å²) in [5, 5.41) is 7.93. The summed E-state index contributed by atoms with van der Waals surface area (Å²) in [4.78, 5) is 12.8. The summed E-state index contributed by atoms with van der Waals surface area (Å²) in [6, 6.07) is 3.17. The van der Waals surface area contributed by atoms with Crippen LogP contribution < -0.4 is 10.5 Å². The molecule has 0 radical (unpaired) electrons. The van der Waals surface area contributed by atoms with Gasteiger partial charge in [-0.25, -0.2) is 13.6 Å². The second-order valence-electron chi connectivity index (χ2n) is 5.60. The highest BCUT2D eigenvalue weighted by Crippen LogP contribution is 2.25. The fraction of sp³-hybridized carbons (Fsp3) is 0.643. The van der Waals surface area contributed by atoms with Crippen LogP contribution in [0.4, 0.5) is 0 Å². The van der Waals surface area contributed by atoms with Gasteiger partial charge in [0, 0.05) is 11.3 Å². The summed E-state index contributed by atoms with van der Waals surface area (Å²) in [7, 11) is -3.64. The van der Waals surface area contributed by atoms with Gasteiger partial charge >= 0.3 is 0 Å². The number of carbonyl (C=O) groups is 1. The van der Waals surface area contributed by atoms with E-state index >= 15 is 0 Å². The van der Waals surface area contributed by atoms with Gasteiger partial charge in [0.25, 0.3) is 0 Å². The molecule has 1 fully saturated rings. The number of thiophene rings is 1. The second kappa shape index (κ2) is 7.38. The van der Waals surface area contributed by atoms with Gasteiger partial charge in [0.05, 0.1) is 6.54 Å². The van der Waals surface area contributed by atoms with Crippen LogP contribution in [0.3, 0.4) is 0 Å². The molecule has 7 heteroatoms. The fourth-order valence-corrected chi connectivity index (χ4v) is 4.41. The van der Waals surface area contributed by atoms with Crippen molar-refractivity contribution in [2.24, 2.45) is 11.1 Å². The van der Waals surface area contributed by atoms with E-state index in [1.165, 1.54) is 31.7 Å². The Morgan fingerprint density at radius 3 is 2.48 bits per heavy atom. The van der Waals surface area contributed by atoms with Crippen molar-refractivity contribution in [3.63, 3.8) is 0 Å². The van der Waals surface area contributed by atoms with E-state index in [1.807, 2.05) is 0 Å². The highest BCUT2D eigenvalue weighted by molar-refractivity contribution is 7.91. The predicted molar refractivity (Wildman–Crippen MR) is 83.3 cm³/mol. The molecule has 118 valence electrons. The van der Waals surface area contributed by atoms with Crippen molar-refractivity contribution in [1.29, 1.82) is 0 Å². The van der Waals surface area contributed by atoms with Crippen LogP contribution >= 0.6 is 11.3 Å². The molecular weight excluding hydrogens is 308 g/mol. The van der Waals surface area contributed by atoms with Crippen LogP contribution in [-0.4, -0.2) is 14.3 Å². The maximum atomic E-state index is 12.0. The van der Waals surface area contributed by atoms with Crippen LogP contribution in [0.2, 0.25) is 0 Å². The van der Waals surface area contributed by atoms with E-state index in [4.69, 9.17) is 5.14 Å². The summed E-state index contributed by atoms with van der Waals surface area (Å²) in [6.45, 7) is 0.367. The summed E-state index contributed by atoms with van der Waals surface area (Å²) >= 11 is 1.10. The second-order valence-corrected chi connectivity index (χ2v) is 8.56. The minimum absolute atomic E-state index is 0.0486. The number of primary sulfonamides is 1. The number of sulfonamides is 1. The standard InChI is InChI=1S/C14H22N2O3S2/c15-21(18,19)14-8-7-12(20-14)10-16-13(17)9-11-5-3-1-2-4-6-11/h7-8,11H,1-6,9-10H2,(H,16,17)(H2,15,18,19). The van der Waals surface area contributed by atoms with Crippen molar-refractivity contribution in [2.75, 3.05) is 0 Å². The number of hydrogen-bond donors (Lipinski definition) is 2. The van der Waals surface area contributed by atoms with Gasteiger partial charge in [0.2, 0.25) is 15.9 Å². The Bertz CT molecular complexity index is 573. The van der Waals surface area contributed by atoms with Gasteiger partial charge in [-0.3, -0.25) is 4.79 Å². The van der Waals surface area contributed by atoms with E-state index in [-0.39, 0.29) is 10.1 Å². The van der Waals surface area contributed by atoms with Crippen molar-refractivity contribution in [2.45, 2.75) is 55.7 Å². The van der Waals surface area contributed by atoms with Crippen molar-refractivity contribution in [1.82, 2.24) is 5.32 Å². The zero-order valence-electron chi connectivity index (χ0n) is 12.0. The number of nitrogens with one attached hydrogen (secondary N) is 1. The molecule has 0 spiro atoms. The molecule has 0 saturated heterocycles. The van der Waals surface area contributed by atoms with Gasteiger partial charge in [0.1, 0.15) is 4.21 Å². The number of hydrogen-bond acceptors (Lipinski definition) is 4. The molecule has 1 amide bonds. The van der Waals surface area contributed by atoms with Crippen LogP contribution in [0.15, 0.2) is 16.3 Å². The van der Waals surface area contributed by atoms with E-state index in [9.17, 15) is 13.2 Å². The minimum Gasteiger partial charge on any atom is -0.351 e. The molecule has 0 aromatic carbocycles. The Labute approximate surface area is 130 Å². The maximum absolute atomic E-state index is 12.0. The molecule has 5 nitrogen and oxygen atoms in total. The van der Waals surface area contributed by atoms with Crippen molar-refractivity contribution < 1.29 is 13.2 Å². The van der Waals surface area contributed by atoms with E-state index in [0.29, 0.717) is 18.9 Å². The van der Waals surface area contributed by atoms with Gasteiger partial charge < -0.3 is 5.32 Å². The molecule has 0 bridgehead atoms. The molecule has 1 saturated carbocycles. The summed E-state index contributed by atoms with van der Waals surface area (Å²) in [5.74, 6) is 0.545. The van der Waals surface area contributed by atoms with E-state index < -0.39 is 10.0 Å². The van der Waals surface area contributed by atoms with Gasteiger partial charge in [-0.05, 0) is 30.9 Å². The lowest BCUT2D eigenvalue weighted by molar-refractivity contribution is -0.122. The average molecular weight is 330 g/mol. The van der Waals surface area contributed by atoms with E-state index in [2.05, 4.69) is 5.32 Å². The van der Waals surface area contributed by atoms with E-state index in [0.717, 1.165) is 29.1 Å². The molecule has 0 atom stereocenters. The molecule has 1 aromatic rings. The van der Waals surface area contributed by atoms with Crippen LogP contribution in [0, 0.1) is 5.92 Å². The highest BCUT2D eigenvalue weighted by atomic mass is 32.2. The monoisotopic (exact) mass is 330 g/mol. The van der Waals surface area contributed by atoms with Crippen LogP contribution in [0.25, 0.3) is 0 Å². The maximum Gasteiger partial charge on any atom is 0.247 e. The van der Waals surface area contributed by atoms with Crippen LogP contribution in [0.1, 0.15) is 49.8 Å². The van der Waals surface area contributed by atoms with Gasteiger partial charge in [-0.1, -0.05) is 25.7 Å². The van der Waals surface area contributed by atoms with Gasteiger partial charge in [-0.15, -0.1) is 11.3 Å². The largest absolute Gasteiger partial charge is 0.351 e. The van der Waals surface area contributed by atoms with Crippen LogP contribution in [-0.2, 0) is 21.4 Å². The first-order valence-electron chi connectivity index (χ1n) is 7.33. The SMILES string of the molecule is NS(=O)(=O)c1ccc(CNC(=O)CC2CCCCCC2)s1. The Balaban J connectivity index is 1.79. The average Bonchev–Trinajstić information content (AvgIpc) is 2.76. The van der Waals surface area contributed by atoms with E-state index in [1.54, 1.807) is 6.07 Å². The van der Waals surface area contributed by atoms with Gasteiger partial charge in [0.15, 0.2) is 0 Å². The summed E-state index contributed by atoms with van der Waals surface area (Å²) < 4.78 is 22.5. The molecule has 0 aliphatic heterocycles. The fourth-order valence-electron chi connectivity index (χ4n) is 2.69. The quantitative estimate of drug-likeness (QED) is 0.812. The molecular formula is C14H22N2O3S2. The lowest BCUT2D eigenvalue weighted by atomic mass is 9.96. The van der Waals surface area contributed by atoms with Gasteiger partial charge in [-0.2, -0.15) is 0 Å². The molecule has 21 heavy (non-hydrogen) atoms. The first-order chi connectivity index (χ1) is 9.95. The normalized spacial score (nSPS) is 17.4. The topological polar surface area (TPSA) is 89.3 Å². The van der Waals surface area contributed by atoms with Crippen molar-refractivity contribution >= 4 is 27.3 Å². The third kappa shape index (κ3) is 5.41. The Kier molecular flexibility index (Phi) is 5.78. The highest BCUT2D eigenvalue weighted by Gasteiger charge is 2.16. The molecule has 1 heterocycles. The third-order valence-electron chi connectivity index (χ3n) is 3.83. The molecule has 3 N–H and O–H groups in total. The number of nitrogens with two attached hydrogens (primary N) is 1. The zero-order valence-corrected chi connectivity index (χ0v) is 13.6. The summed E-state index contributed by atoms with van der Waals surface area (Å²) in [6.07, 6.45) is 7.87. The predicted octanol–water partition coefficient (Wildman–Crippen LogP) is 2.37. The Hall–Kier alpha value is -0.920. The Morgan fingerprint density at radius 1 is 1.24 bits per heavy atom. The minimum atomic E-state index is -3.64. The first-order valence-corrected chi connectivity index (χ1v) is 9.69. The molecule has 1 aliphatic rings. The molecule has 1 aromatic heterocycles. The molecule has 0 unspecified atom stereocenters. The lowest BCUT2D eigenvalue weighted by Crippen LogP contribution is -2.24. The Morgan fingerprint density at radius 2 is 1.90 bits per heavy atom. The smallest absolute Gasteiger partial charge is 0.247 e. The molecule has 1 aliphatic carbocycles. The zero-order chi connectivity index (χ0) is 15.3.